The Morgan fingerprint density at radius 2 is 2.00 bits per heavy atom. The molecule has 0 aromatic rings. The first-order valence-electron chi connectivity index (χ1n) is 5.70. The molecule has 0 saturated heterocycles. The number of halogens is 1. The summed E-state index contributed by atoms with van der Waals surface area (Å²) in [6, 6.07) is 0. The zero-order chi connectivity index (χ0) is 11.5. The van der Waals surface area contributed by atoms with Crippen LogP contribution in [0.2, 0.25) is 0 Å². The zero-order valence-electron chi connectivity index (χ0n) is 9.72. The van der Waals surface area contributed by atoms with Crippen LogP contribution in [0.1, 0.15) is 39.5 Å². The molecule has 0 aliphatic rings. The minimum Gasteiger partial charge on any atom is -0.465 e. The van der Waals surface area contributed by atoms with Gasteiger partial charge in [-0.2, -0.15) is 0 Å². The third kappa shape index (κ3) is 10.2. The Morgan fingerprint density at radius 1 is 1.33 bits per heavy atom. The molecule has 15 heavy (non-hydrogen) atoms. The largest absolute Gasteiger partial charge is 0.465 e. The number of nitrogens with one attached hydrogen (secondary N) is 1. The molecule has 0 amide bonds. The Morgan fingerprint density at radius 3 is 2.60 bits per heavy atom. The summed E-state index contributed by atoms with van der Waals surface area (Å²) in [5.74, 6) is -0.172. The third-order valence-corrected chi connectivity index (χ3v) is 2.40. The van der Waals surface area contributed by atoms with Crippen molar-refractivity contribution < 1.29 is 9.53 Å². The average Bonchev–Trinajstić information content (AvgIpc) is 2.21. The van der Waals surface area contributed by atoms with Crippen LogP contribution in [0, 0.1) is 0 Å². The Kier molecular flexibility index (Phi) is 10.4. The van der Waals surface area contributed by atoms with Crippen molar-refractivity contribution in [2.45, 2.75) is 44.4 Å². The summed E-state index contributed by atoms with van der Waals surface area (Å²) < 4.78 is 5.02. The van der Waals surface area contributed by atoms with E-state index < -0.39 is 0 Å². The third-order valence-electron chi connectivity index (χ3n) is 2.02. The highest BCUT2D eigenvalue weighted by Gasteiger charge is 2.08. The van der Waals surface area contributed by atoms with Crippen molar-refractivity contribution in [2.24, 2.45) is 0 Å². The first kappa shape index (κ1) is 14.9. The predicted octanol–water partition coefficient (Wildman–Crippen LogP) is 2.48. The molecular formula is C11H22BrNO2. The van der Waals surface area contributed by atoms with E-state index >= 15 is 0 Å². The molecule has 90 valence electrons. The van der Waals surface area contributed by atoms with Gasteiger partial charge in [0.05, 0.1) is 6.61 Å². The van der Waals surface area contributed by atoms with E-state index in [-0.39, 0.29) is 10.8 Å². The summed E-state index contributed by atoms with van der Waals surface area (Å²) in [4.78, 5) is 10.8. The molecule has 1 N–H and O–H groups in total. The molecule has 0 aliphatic heterocycles. The smallest absolute Gasteiger partial charge is 0.319 e. The van der Waals surface area contributed by atoms with Crippen molar-refractivity contribution >= 4 is 21.9 Å². The highest BCUT2D eigenvalue weighted by Crippen LogP contribution is 2.00. The molecule has 0 spiro atoms. The molecule has 1 atom stereocenters. The van der Waals surface area contributed by atoms with E-state index in [1.165, 1.54) is 12.8 Å². The van der Waals surface area contributed by atoms with Crippen LogP contribution in [0.3, 0.4) is 0 Å². The van der Waals surface area contributed by atoms with Crippen LogP contribution in [0.4, 0.5) is 0 Å². The first-order chi connectivity index (χ1) is 7.18. The second-order valence-corrected chi connectivity index (χ2v) is 4.97. The SMILES string of the molecule is CCCCNCCCCOC(=O)C(C)Br. The lowest BCUT2D eigenvalue weighted by Gasteiger charge is -2.06. The van der Waals surface area contributed by atoms with Gasteiger partial charge in [-0.1, -0.05) is 29.3 Å². The normalized spacial score (nSPS) is 12.5. The second-order valence-electron chi connectivity index (χ2n) is 3.59. The van der Waals surface area contributed by atoms with Gasteiger partial charge in [-0.05, 0) is 39.3 Å². The van der Waals surface area contributed by atoms with Crippen molar-refractivity contribution in [2.75, 3.05) is 19.7 Å². The van der Waals surface area contributed by atoms with E-state index in [0.717, 1.165) is 25.9 Å². The van der Waals surface area contributed by atoms with Crippen LogP contribution < -0.4 is 5.32 Å². The number of carbonyl (C=O) groups is 1. The molecule has 4 heteroatoms. The Balaban J connectivity index is 3.08. The molecule has 3 nitrogen and oxygen atoms in total. The van der Waals surface area contributed by atoms with E-state index in [2.05, 4.69) is 28.2 Å². The molecule has 0 saturated carbocycles. The van der Waals surface area contributed by atoms with Crippen molar-refractivity contribution in [3.63, 3.8) is 0 Å². The molecular weight excluding hydrogens is 258 g/mol. The van der Waals surface area contributed by atoms with E-state index in [1.54, 1.807) is 6.92 Å². The maximum Gasteiger partial charge on any atom is 0.319 e. The minimum atomic E-state index is -0.194. The van der Waals surface area contributed by atoms with Crippen molar-refractivity contribution in [3.05, 3.63) is 0 Å². The molecule has 0 rings (SSSR count). The van der Waals surface area contributed by atoms with Crippen molar-refractivity contribution in [1.82, 2.24) is 5.32 Å². The van der Waals surface area contributed by atoms with Gasteiger partial charge in [0.15, 0.2) is 0 Å². The number of alkyl halides is 1. The summed E-state index contributed by atoms with van der Waals surface area (Å²) in [5.41, 5.74) is 0. The van der Waals surface area contributed by atoms with Gasteiger partial charge in [0.2, 0.25) is 0 Å². The summed E-state index contributed by atoms with van der Waals surface area (Å²) >= 11 is 3.16. The molecule has 1 unspecified atom stereocenters. The number of hydrogen-bond donors (Lipinski definition) is 1. The maximum absolute atomic E-state index is 11.0. The van der Waals surface area contributed by atoms with Crippen LogP contribution in [0.25, 0.3) is 0 Å². The Hall–Kier alpha value is -0.0900. The molecule has 0 heterocycles. The predicted molar refractivity (Wildman–Crippen MR) is 66.4 cm³/mol. The van der Waals surface area contributed by atoms with Crippen LogP contribution in [0.15, 0.2) is 0 Å². The quantitative estimate of drug-likeness (QED) is 0.400. The maximum atomic E-state index is 11.0. The topological polar surface area (TPSA) is 38.3 Å². The summed E-state index contributed by atoms with van der Waals surface area (Å²) in [6.45, 7) is 6.59. The lowest BCUT2D eigenvalue weighted by molar-refractivity contribution is -0.142. The fraction of sp³-hybridized carbons (Fsp3) is 0.909. The fourth-order valence-electron chi connectivity index (χ4n) is 1.07. The fourth-order valence-corrected chi connectivity index (χ4v) is 1.20. The van der Waals surface area contributed by atoms with Crippen molar-refractivity contribution in [1.29, 1.82) is 0 Å². The van der Waals surface area contributed by atoms with Gasteiger partial charge in [-0.15, -0.1) is 0 Å². The highest BCUT2D eigenvalue weighted by molar-refractivity contribution is 9.10. The van der Waals surface area contributed by atoms with Crippen LogP contribution in [-0.2, 0) is 9.53 Å². The molecule has 0 aromatic heterocycles. The van der Waals surface area contributed by atoms with Crippen LogP contribution in [-0.4, -0.2) is 30.5 Å². The number of ether oxygens (including phenoxy) is 1. The zero-order valence-corrected chi connectivity index (χ0v) is 11.3. The molecule has 0 bridgehead atoms. The molecule has 0 radical (unpaired) electrons. The van der Waals surface area contributed by atoms with Gasteiger partial charge in [0, 0.05) is 0 Å². The van der Waals surface area contributed by atoms with Gasteiger partial charge in [0.25, 0.3) is 0 Å². The average molecular weight is 280 g/mol. The number of hydrogen-bond acceptors (Lipinski definition) is 3. The number of carbonyl (C=O) groups excluding carboxylic acids is 1. The Labute approximate surface area is 101 Å². The summed E-state index contributed by atoms with van der Waals surface area (Å²) in [5, 5.41) is 3.35. The molecule has 0 aromatic carbocycles. The second kappa shape index (κ2) is 10.4. The van der Waals surface area contributed by atoms with E-state index in [9.17, 15) is 4.79 Å². The summed E-state index contributed by atoms with van der Waals surface area (Å²) in [6.07, 6.45) is 4.46. The van der Waals surface area contributed by atoms with Gasteiger partial charge >= 0.3 is 5.97 Å². The number of esters is 1. The number of unbranched alkanes of at least 4 members (excludes halogenated alkanes) is 2. The van der Waals surface area contributed by atoms with Gasteiger partial charge in [-0.25, -0.2) is 0 Å². The van der Waals surface area contributed by atoms with Crippen LogP contribution >= 0.6 is 15.9 Å². The lowest BCUT2D eigenvalue weighted by atomic mass is 10.3. The van der Waals surface area contributed by atoms with Gasteiger partial charge in [-0.3, -0.25) is 4.79 Å². The first-order valence-corrected chi connectivity index (χ1v) is 6.61. The highest BCUT2D eigenvalue weighted by atomic mass is 79.9. The lowest BCUT2D eigenvalue weighted by Crippen LogP contribution is -2.18. The minimum absolute atomic E-state index is 0.172. The van der Waals surface area contributed by atoms with E-state index in [4.69, 9.17) is 4.74 Å². The van der Waals surface area contributed by atoms with Gasteiger partial charge in [0.1, 0.15) is 4.83 Å². The number of rotatable bonds is 9. The van der Waals surface area contributed by atoms with E-state index in [0.29, 0.717) is 6.61 Å². The van der Waals surface area contributed by atoms with E-state index in [1.807, 2.05) is 0 Å². The standard InChI is InChI=1S/C11H22BrNO2/c1-3-4-7-13-8-5-6-9-15-11(14)10(2)12/h10,13H,3-9H2,1-2H3. The molecule has 0 aliphatic carbocycles. The Bertz CT molecular complexity index is 163. The van der Waals surface area contributed by atoms with Crippen LogP contribution in [0.5, 0.6) is 0 Å². The molecule has 0 fully saturated rings. The summed E-state index contributed by atoms with van der Waals surface area (Å²) in [7, 11) is 0. The monoisotopic (exact) mass is 279 g/mol. The van der Waals surface area contributed by atoms with Crippen molar-refractivity contribution in [3.8, 4) is 0 Å². The van der Waals surface area contributed by atoms with Gasteiger partial charge < -0.3 is 10.1 Å².